The molecule has 1 unspecified atom stereocenters. The van der Waals surface area contributed by atoms with Crippen molar-refractivity contribution < 1.29 is 14.3 Å². The highest BCUT2D eigenvalue weighted by Crippen LogP contribution is 2.21. The molecule has 0 fully saturated rings. The minimum absolute atomic E-state index is 0.0238. The lowest BCUT2D eigenvalue weighted by atomic mass is 10.1. The molecule has 0 spiro atoms. The first-order valence-corrected chi connectivity index (χ1v) is 7.59. The van der Waals surface area contributed by atoms with Crippen molar-refractivity contribution in [2.75, 3.05) is 13.1 Å². The van der Waals surface area contributed by atoms with E-state index in [1.807, 2.05) is 0 Å². The van der Waals surface area contributed by atoms with Crippen molar-refractivity contribution in [2.45, 2.75) is 12.6 Å². The lowest BCUT2D eigenvalue weighted by Gasteiger charge is -2.13. The zero-order valence-corrected chi connectivity index (χ0v) is 13.2. The van der Waals surface area contributed by atoms with E-state index in [0.717, 1.165) is 0 Å². The van der Waals surface area contributed by atoms with Gasteiger partial charge in [0, 0.05) is 29.2 Å². The number of nitrogens with one attached hydrogen (secondary N) is 2. The SMILES string of the molecule is O=C(CNCC(O)c1ccccc1Cl)NCc1ccccc1F. The number of hydrogen-bond donors (Lipinski definition) is 3. The Kier molecular flexibility index (Phi) is 6.52. The number of amides is 1. The molecular formula is C17H18ClFN2O2. The molecule has 0 aliphatic heterocycles. The standard InChI is InChI=1S/C17H18ClFN2O2/c18-14-7-3-2-6-13(14)16(22)10-20-11-17(23)21-9-12-5-1-4-8-15(12)19/h1-8,16,20,22H,9-11H2,(H,21,23). The van der Waals surface area contributed by atoms with Crippen molar-refractivity contribution in [1.82, 2.24) is 10.6 Å². The van der Waals surface area contributed by atoms with Crippen molar-refractivity contribution in [3.05, 3.63) is 70.5 Å². The van der Waals surface area contributed by atoms with Gasteiger partial charge in [-0.2, -0.15) is 0 Å². The van der Waals surface area contributed by atoms with Crippen LogP contribution in [0.3, 0.4) is 0 Å². The average Bonchev–Trinajstić information content (AvgIpc) is 2.54. The van der Waals surface area contributed by atoms with Crippen LogP contribution in [0.2, 0.25) is 5.02 Å². The van der Waals surface area contributed by atoms with E-state index >= 15 is 0 Å². The molecule has 0 aromatic heterocycles. The maximum Gasteiger partial charge on any atom is 0.234 e. The maximum absolute atomic E-state index is 13.4. The van der Waals surface area contributed by atoms with Crippen LogP contribution in [0.15, 0.2) is 48.5 Å². The van der Waals surface area contributed by atoms with Crippen LogP contribution >= 0.6 is 11.6 Å². The molecule has 0 bridgehead atoms. The molecule has 1 atom stereocenters. The Morgan fingerprint density at radius 1 is 1.17 bits per heavy atom. The van der Waals surface area contributed by atoms with E-state index in [9.17, 15) is 14.3 Å². The molecule has 2 aromatic rings. The number of carbonyl (C=O) groups is 1. The third-order valence-electron chi connectivity index (χ3n) is 3.32. The van der Waals surface area contributed by atoms with E-state index in [-0.39, 0.29) is 31.4 Å². The van der Waals surface area contributed by atoms with Gasteiger partial charge >= 0.3 is 0 Å². The topological polar surface area (TPSA) is 61.4 Å². The Labute approximate surface area is 139 Å². The fraction of sp³-hybridized carbons (Fsp3) is 0.235. The zero-order valence-electron chi connectivity index (χ0n) is 12.4. The summed E-state index contributed by atoms with van der Waals surface area (Å²) < 4.78 is 13.4. The predicted molar refractivity (Wildman–Crippen MR) is 87.5 cm³/mol. The number of benzene rings is 2. The molecule has 0 saturated heterocycles. The van der Waals surface area contributed by atoms with E-state index in [1.165, 1.54) is 6.07 Å². The molecule has 23 heavy (non-hydrogen) atoms. The molecule has 0 heterocycles. The molecule has 0 aliphatic rings. The maximum atomic E-state index is 13.4. The molecule has 3 N–H and O–H groups in total. The van der Waals surface area contributed by atoms with Gasteiger partial charge in [0.05, 0.1) is 12.6 Å². The first-order chi connectivity index (χ1) is 11.1. The molecule has 0 radical (unpaired) electrons. The minimum atomic E-state index is -0.803. The summed E-state index contributed by atoms with van der Waals surface area (Å²) in [5.41, 5.74) is 1.03. The van der Waals surface area contributed by atoms with Gasteiger partial charge < -0.3 is 15.7 Å². The van der Waals surface area contributed by atoms with Gasteiger partial charge in [-0.3, -0.25) is 4.79 Å². The van der Waals surface area contributed by atoms with Gasteiger partial charge in [-0.15, -0.1) is 0 Å². The minimum Gasteiger partial charge on any atom is -0.387 e. The molecule has 2 aromatic carbocycles. The Balaban J connectivity index is 1.73. The molecule has 122 valence electrons. The molecular weight excluding hydrogens is 319 g/mol. The molecule has 4 nitrogen and oxygen atoms in total. The van der Waals surface area contributed by atoms with Crippen molar-refractivity contribution in [2.24, 2.45) is 0 Å². The normalized spacial score (nSPS) is 12.0. The van der Waals surface area contributed by atoms with Gasteiger partial charge in [0.2, 0.25) is 5.91 Å². The van der Waals surface area contributed by atoms with Gasteiger partial charge in [-0.25, -0.2) is 4.39 Å². The fourth-order valence-electron chi connectivity index (χ4n) is 2.08. The summed E-state index contributed by atoms with van der Waals surface area (Å²) >= 11 is 5.99. The predicted octanol–water partition coefficient (Wildman–Crippen LogP) is 2.42. The summed E-state index contributed by atoms with van der Waals surface area (Å²) in [4.78, 5) is 11.7. The van der Waals surface area contributed by atoms with E-state index in [4.69, 9.17) is 11.6 Å². The Morgan fingerprint density at radius 2 is 1.87 bits per heavy atom. The van der Waals surface area contributed by atoms with E-state index in [2.05, 4.69) is 10.6 Å². The van der Waals surface area contributed by atoms with Gasteiger partial charge in [0.1, 0.15) is 5.82 Å². The Hall–Kier alpha value is -1.95. The van der Waals surface area contributed by atoms with Crippen LogP contribution in [-0.2, 0) is 11.3 Å². The third-order valence-corrected chi connectivity index (χ3v) is 3.67. The van der Waals surface area contributed by atoms with Crippen LogP contribution in [0.25, 0.3) is 0 Å². The first kappa shape index (κ1) is 17.4. The number of carbonyl (C=O) groups excluding carboxylic acids is 1. The molecule has 6 heteroatoms. The third kappa shape index (κ3) is 5.32. The van der Waals surface area contributed by atoms with Gasteiger partial charge in [-0.05, 0) is 12.1 Å². The van der Waals surface area contributed by atoms with Crippen molar-refractivity contribution >= 4 is 17.5 Å². The van der Waals surface area contributed by atoms with Crippen molar-refractivity contribution in [1.29, 1.82) is 0 Å². The summed E-state index contributed by atoms with van der Waals surface area (Å²) in [7, 11) is 0. The van der Waals surface area contributed by atoms with Crippen molar-refractivity contribution in [3.63, 3.8) is 0 Å². The van der Waals surface area contributed by atoms with E-state index < -0.39 is 6.10 Å². The van der Waals surface area contributed by atoms with Crippen LogP contribution in [-0.4, -0.2) is 24.1 Å². The van der Waals surface area contributed by atoms with Crippen LogP contribution in [0.5, 0.6) is 0 Å². The highest BCUT2D eigenvalue weighted by molar-refractivity contribution is 6.31. The van der Waals surface area contributed by atoms with Crippen LogP contribution in [0.1, 0.15) is 17.2 Å². The second-order valence-corrected chi connectivity index (χ2v) is 5.44. The summed E-state index contributed by atoms with van der Waals surface area (Å²) in [5, 5.41) is 16.0. The highest BCUT2D eigenvalue weighted by atomic mass is 35.5. The monoisotopic (exact) mass is 336 g/mol. The largest absolute Gasteiger partial charge is 0.387 e. The smallest absolute Gasteiger partial charge is 0.234 e. The fourth-order valence-corrected chi connectivity index (χ4v) is 2.34. The second-order valence-electron chi connectivity index (χ2n) is 5.04. The lowest BCUT2D eigenvalue weighted by molar-refractivity contribution is -0.120. The number of halogens is 2. The summed E-state index contributed by atoms with van der Waals surface area (Å²) in [6.07, 6.45) is -0.803. The summed E-state index contributed by atoms with van der Waals surface area (Å²) in [5.74, 6) is -0.630. The Morgan fingerprint density at radius 3 is 2.61 bits per heavy atom. The van der Waals surface area contributed by atoms with Gasteiger partial charge in [0.15, 0.2) is 0 Å². The number of aliphatic hydroxyl groups excluding tert-OH is 1. The lowest BCUT2D eigenvalue weighted by Crippen LogP contribution is -2.35. The highest BCUT2D eigenvalue weighted by Gasteiger charge is 2.11. The molecule has 1 amide bonds. The number of rotatable bonds is 7. The van der Waals surface area contributed by atoms with Crippen molar-refractivity contribution in [3.8, 4) is 0 Å². The number of aliphatic hydroxyl groups is 1. The summed E-state index contributed by atoms with van der Waals surface area (Å²) in [6, 6.07) is 13.3. The average molecular weight is 337 g/mol. The molecule has 2 rings (SSSR count). The van der Waals surface area contributed by atoms with Gasteiger partial charge in [-0.1, -0.05) is 48.0 Å². The molecule has 0 aliphatic carbocycles. The van der Waals surface area contributed by atoms with Crippen LogP contribution in [0.4, 0.5) is 4.39 Å². The Bertz CT molecular complexity index is 667. The quantitative estimate of drug-likeness (QED) is 0.727. The molecule has 0 saturated carbocycles. The van der Waals surface area contributed by atoms with Crippen LogP contribution in [0, 0.1) is 5.82 Å². The second kappa shape index (κ2) is 8.62. The first-order valence-electron chi connectivity index (χ1n) is 7.21. The van der Waals surface area contributed by atoms with Gasteiger partial charge in [0.25, 0.3) is 0 Å². The summed E-state index contributed by atoms with van der Waals surface area (Å²) in [6.45, 7) is 0.340. The van der Waals surface area contributed by atoms with E-state index in [0.29, 0.717) is 16.1 Å². The van der Waals surface area contributed by atoms with Crippen LogP contribution < -0.4 is 10.6 Å². The number of hydrogen-bond acceptors (Lipinski definition) is 3. The zero-order chi connectivity index (χ0) is 16.7. The van der Waals surface area contributed by atoms with E-state index in [1.54, 1.807) is 42.5 Å².